The maximum Gasteiger partial charge on any atom is 0.341 e. The van der Waals surface area contributed by atoms with Gasteiger partial charge in [0.15, 0.2) is 18.1 Å². The first-order valence-corrected chi connectivity index (χ1v) is 10.6. The Morgan fingerprint density at radius 3 is 2.83 bits per heavy atom. The average molecular weight is 408 g/mol. The molecule has 0 saturated heterocycles. The summed E-state index contributed by atoms with van der Waals surface area (Å²) >= 11 is 0. The number of unbranched alkanes of at least 4 members (excludes halogenated alkanes) is 1. The minimum Gasteiger partial charge on any atom is -0.482 e. The van der Waals surface area contributed by atoms with Crippen LogP contribution in [-0.2, 0) is 4.79 Å². The van der Waals surface area contributed by atoms with E-state index in [1.54, 1.807) is 18.2 Å². The first-order chi connectivity index (χ1) is 13.9. The van der Waals surface area contributed by atoms with E-state index in [0.717, 1.165) is 19.3 Å². The third-order valence-corrected chi connectivity index (χ3v) is 6.05. The summed E-state index contributed by atoms with van der Waals surface area (Å²) in [7, 11) is 0. The molecule has 1 heterocycles. The van der Waals surface area contributed by atoms with E-state index in [9.17, 15) is 15.0 Å². The second-order valence-corrected chi connectivity index (χ2v) is 8.24. The third kappa shape index (κ3) is 5.14. The first-order valence-electron chi connectivity index (χ1n) is 10.6. The van der Waals surface area contributed by atoms with Crippen LogP contribution in [0, 0.1) is 11.8 Å². The molecule has 1 aromatic carbocycles. The number of hydrogen-bond acceptors (Lipinski definition) is 6. The van der Waals surface area contributed by atoms with Gasteiger partial charge in [-0.05, 0) is 37.3 Å². The van der Waals surface area contributed by atoms with Crippen LogP contribution in [0.5, 0.6) is 17.2 Å². The minimum absolute atomic E-state index is 0.121. The highest BCUT2D eigenvalue weighted by atomic mass is 16.6. The number of ether oxygens (including phenoxy) is 3. The molecular formula is C22H32O7. The monoisotopic (exact) mass is 408 g/mol. The van der Waals surface area contributed by atoms with Gasteiger partial charge in [-0.3, -0.25) is 0 Å². The van der Waals surface area contributed by atoms with Gasteiger partial charge in [-0.2, -0.15) is 0 Å². The molecule has 3 rings (SSSR count). The average Bonchev–Trinajstić information content (AvgIpc) is 3.00. The van der Waals surface area contributed by atoms with Crippen molar-refractivity contribution in [1.29, 1.82) is 0 Å². The zero-order valence-corrected chi connectivity index (χ0v) is 17.1. The number of hydrogen-bond donors (Lipinski definition) is 3. The molecule has 1 aliphatic carbocycles. The number of carboxylic acid groups (broad SMARTS) is 1. The van der Waals surface area contributed by atoms with Gasteiger partial charge in [0, 0.05) is 12.3 Å². The molecule has 7 heteroatoms. The van der Waals surface area contributed by atoms with Gasteiger partial charge in [0.1, 0.15) is 12.2 Å². The van der Waals surface area contributed by atoms with Crippen molar-refractivity contribution in [3.05, 3.63) is 18.2 Å². The van der Waals surface area contributed by atoms with Crippen molar-refractivity contribution in [1.82, 2.24) is 0 Å². The lowest BCUT2D eigenvalue weighted by Crippen LogP contribution is -2.40. The van der Waals surface area contributed by atoms with Crippen LogP contribution in [-0.4, -0.2) is 52.3 Å². The minimum atomic E-state index is -1.07. The lowest BCUT2D eigenvalue weighted by atomic mass is 9.89. The standard InChI is InChI=1S/C22H32O7/c1-3-4-6-13(2)15(23)10-9-14-16(24)11-19-21(14)28-18-8-5-7-17(22(18)29-19)27-12-20(25)26/h5,7-8,13-16,19,21,23-24H,3-4,6,9-12H2,1-2H3,(H,25,26). The fourth-order valence-electron chi connectivity index (χ4n) is 4.30. The van der Waals surface area contributed by atoms with E-state index in [2.05, 4.69) is 13.8 Å². The van der Waals surface area contributed by atoms with E-state index >= 15 is 0 Å². The Morgan fingerprint density at radius 1 is 1.31 bits per heavy atom. The van der Waals surface area contributed by atoms with Crippen molar-refractivity contribution in [2.45, 2.75) is 76.8 Å². The Bertz CT molecular complexity index is 692. The summed E-state index contributed by atoms with van der Waals surface area (Å²) in [6.45, 7) is 3.75. The number of aliphatic carboxylic acids is 1. The number of benzene rings is 1. The van der Waals surface area contributed by atoms with Crippen molar-refractivity contribution < 1.29 is 34.3 Å². The highest BCUT2D eigenvalue weighted by molar-refractivity contribution is 5.68. The quantitative estimate of drug-likeness (QED) is 0.546. The van der Waals surface area contributed by atoms with Gasteiger partial charge in [0.2, 0.25) is 5.75 Å². The Balaban J connectivity index is 1.64. The van der Waals surface area contributed by atoms with E-state index in [-0.39, 0.29) is 30.1 Å². The summed E-state index contributed by atoms with van der Waals surface area (Å²) < 4.78 is 17.5. The zero-order chi connectivity index (χ0) is 21.0. The van der Waals surface area contributed by atoms with Crippen molar-refractivity contribution in [3.63, 3.8) is 0 Å². The second-order valence-electron chi connectivity index (χ2n) is 8.24. The molecular weight excluding hydrogens is 376 g/mol. The molecule has 6 atom stereocenters. The molecule has 0 spiro atoms. The molecule has 162 valence electrons. The van der Waals surface area contributed by atoms with Gasteiger partial charge in [0.05, 0.1) is 12.2 Å². The number of aliphatic hydroxyl groups is 2. The molecule has 1 saturated carbocycles. The highest BCUT2D eigenvalue weighted by Crippen LogP contribution is 2.47. The van der Waals surface area contributed by atoms with Crippen LogP contribution in [0.15, 0.2) is 18.2 Å². The van der Waals surface area contributed by atoms with Crippen LogP contribution in [0.3, 0.4) is 0 Å². The SMILES string of the molecule is CCCCC(C)C(O)CCC1C(O)CC2Oc3c(OCC(=O)O)cccc3OC21. The van der Waals surface area contributed by atoms with E-state index in [0.29, 0.717) is 36.5 Å². The molecule has 7 nitrogen and oxygen atoms in total. The summed E-state index contributed by atoms with van der Waals surface area (Å²) in [6, 6.07) is 5.12. The fraction of sp³-hybridized carbons (Fsp3) is 0.682. The van der Waals surface area contributed by atoms with Gasteiger partial charge in [-0.15, -0.1) is 0 Å². The number of fused-ring (bicyclic) bond motifs is 2. The van der Waals surface area contributed by atoms with E-state index in [1.807, 2.05) is 0 Å². The zero-order valence-electron chi connectivity index (χ0n) is 17.1. The molecule has 0 aromatic heterocycles. The van der Waals surface area contributed by atoms with E-state index in [1.165, 1.54) is 0 Å². The lowest BCUT2D eigenvalue weighted by molar-refractivity contribution is -0.139. The molecule has 0 amide bonds. The molecule has 0 bridgehead atoms. The predicted octanol–water partition coefficient (Wildman–Crippen LogP) is 3.01. The van der Waals surface area contributed by atoms with Crippen LogP contribution < -0.4 is 14.2 Å². The molecule has 1 aromatic rings. The first kappa shape index (κ1) is 21.7. The lowest BCUT2D eigenvalue weighted by Gasteiger charge is -2.33. The summed E-state index contributed by atoms with van der Waals surface area (Å²) in [5, 5.41) is 29.9. The molecule has 2 aliphatic rings. The molecule has 6 unspecified atom stereocenters. The number of rotatable bonds is 10. The van der Waals surface area contributed by atoms with Gasteiger partial charge < -0.3 is 29.5 Å². The number of aliphatic hydroxyl groups excluding tert-OH is 2. The molecule has 29 heavy (non-hydrogen) atoms. The van der Waals surface area contributed by atoms with Crippen LogP contribution in [0.4, 0.5) is 0 Å². The van der Waals surface area contributed by atoms with Crippen LogP contribution in [0.2, 0.25) is 0 Å². The van der Waals surface area contributed by atoms with E-state index < -0.39 is 18.7 Å². The molecule has 1 aliphatic heterocycles. The third-order valence-electron chi connectivity index (χ3n) is 6.05. The van der Waals surface area contributed by atoms with Crippen molar-refractivity contribution in [2.24, 2.45) is 11.8 Å². The Labute approximate surface area is 171 Å². The van der Waals surface area contributed by atoms with Gasteiger partial charge in [-0.1, -0.05) is 32.8 Å². The van der Waals surface area contributed by atoms with Gasteiger partial charge in [0.25, 0.3) is 0 Å². The summed E-state index contributed by atoms with van der Waals surface area (Å²) in [5.41, 5.74) is 0. The second kappa shape index (κ2) is 9.67. The van der Waals surface area contributed by atoms with Crippen LogP contribution in [0.25, 0.3) is 0 Å². The Morgan fingerprint density at radius 2 is 2.10 bits per heavy atom. The molecule has 3 N–H and O–H groups in total. The predicted molar refractivity (Wildman–Crippen MR) is 106 cm³/mol. The normalized spacial score (nSPS) is 27.2. The maximum absolute atomic E-state index is 10.8. The Kier molecular flexibility index (Phi) is 7.24. The summed E-state index contributed by atoms with van der Waals surface area (Å²) in [5.74, 6) is 0.246. The maximum atomic E-state index is 10.8. The van der Waals surface area contributed by atoms with Crippen molar-refractivity contribution in [2.75, 3.05) is 6.61 Å². The van der Waals surface area contributed by atoms with E-state index in [4.69, 9.17) is 19.3 Å². The van der Waals surface area contributed by atoms with Crippen molar-refractivity contribution >= 4 is 5.97 Å². The fourth-order valence-corrected chi connectivity index (χ4v) is 4.30. The number of carboxylic acids is 1. The summed E-state index contributed by atoms with van der Waals surface area (Å²) in [4.78, 5) is 10.8. The highest BCUT2D eigenvalue weighted by Gasteiger charge is 2.48. The summed E-state index contributed by atoms with van der Waals surface area (Å²) in [6.07, 6.45) is 3.35. The Hall–Kier alpha value is -1.99. The largest absolute Gasteiger partial charge is 0.482 e. The number of para-hydroxylation sites is 1. The molecule has 1 fully saturated rings. The van der Waals surface area contributed by atoms with Gasteiger partial charge >= 0.3 is 5.97 Å². The number of carbonyl (C=O) groups is 1. The van der Waals surface area contributed by atoms with Crippen molar-refractivity contribution in [3.8, 4) is 17.2 Å². The van der Waals surface area contributed by atoms with Gasteiger partial charge in [-0.25, -0.2) is 4.79 Å². The van der Waals surface area contributed by atoms with Crippen LogP contribution in [0.1, 0.15) is 52.4 Å². The molecule has 0 radical (unpaired) electrons. The topological polar surface area (TPSA) is 105 Å². The van der Waals surface area contributed by atoms with Crippen LogP contribution >= 0.6 is 0 Å². The smallest absolute Gasteiger partial charge is 0.341 e.